The largest absolute Gasteiger partial charge is 0.469 e. The fraction of sp³-hybridized carbons (Fsp3) is 0.643. The van der Waals surface area contributed by atoms with Crippen LogP contribution in [-0.4, -0.2) is 39.3 Å². The number of guanidine groups is 1. The van der Waals surface area contributed by atoms with Gasteiger partial charge < -0.3 is 19.8 Å². The summed E-state index contributed by atoms with van der Waals surface area (Å²) in [5, 5.41) is 6.61. The Labute approximate surface area is 115 Å². The predicted molar refractivity (Wildman–Crippen MR) is 77.5 cm³/mol. The number of furan rings is 1. The molecule has 0 spiro atoms. The van der Waals surface area contributed by atoms with Crippen molar-refractivity contribution in [2.24, 2.45) is 4.99 Å². The maximum Gasteiger partial charge on any atom is 0.191 e. The molecule has 0 aromatic carbocycles. The average molecular weight is 267 g/mol. The highest BCUT2D eigenvalue weighted by Crippen LogP contribution is 1.99. The van der Waals surface area contributed by atoms with Crippen molar-refractivity contribution in [3.63, 3.8) is 0 Å². The van der Waals surface area contributed by atoms with Crippen LogP contribution in [0, 0.1) is 0 Å². The first-order valence-corrected chi connectivity index (χ1v) is 6.90. The second kappa shape index (κ2) is 10.4. The third-order valence-corrected chi connectivity index (χ3v) is 2.56. The van der Waals surface area contributed by atoms with Gasteiger partial charge in [-0.25, -0.2) is 0 Å². The summed E-state index contributed by atoms with van der Waals surface area (Å²) in [5.41, 5.74) is 0. The molecule has 5 nitrogen and oxygen atoms in total. The monoisotopic (exact) mass is 267 g/mol. The van der Waals surface area contributed by atoms with E-state index in [4.69, 9.17) is 9.15 Å². The second-order valence-corrected chi connectivity index (χ2v) is 4.26. The molecule has 108 valence electrons. The molecule has 0 saturated carbocycles. The van der Waals surface area contributed by atoms with Gasteiger partial charge >= 0.3 is 0 Å². The third-order valence-electron chi connectivity index (χ3n) is 2.56. The fourth-order valence-corrected chi connectivity index (χ4v) is 1.58. The maximum absolute atomic E-state index is 5.29. The molecule has 0 atom stereocenters. The molecule has 1 aromatic rings. The molecule has 0 radical (unpaired) electrons. The van der Waals surface area contributed by atoms with Crippen LogP contribution in [0.5, 0.6) is 0 Å². The lowest BCUT2D eigenvalue weighted by molar-refractivity contribution is 0.195. The standard InChI is InChI=1S/C14H25N3O2/c1-3-8-15-14(16-9-5-11-18-2)17-10-7-13-6-4-12-19-13/h4,6,12H,3,5,7-11H2,1-2H3,(H2,15,16,17). The summed E-state index contributed by atoms with van der Waals surface area (Å²) in [6.45, 7) is 5.40. The van der Waals surface area contributed by atoms with Crippen molar-refractivity contribution in [2.45, 2.75) is 26.2 Å². The van der Waals surface area contributed by atoms with Crippen molar-refractivity contribution in [3.05, 3.63) is 24.2 Å². The second-order valence-electron chi connectivity index (χ2n) is 4.26. The zero-order valence-corrected chi connectivity index (χ0v) is 11.9. The molecule has 2 N–H and O–H groups in total. The van der Waals surface area contributed by atoms with Gasteiger partial charge in [0.05, 0.1) is 6.26 Å². The molecule has 1 rings (SSSR count). The normalized spacial score (nSPS) is 11.6. The van der Waals surface area contributed by atoms with Crippen LogP contribution in [-0.2, 0) is 11.2 Å². The van der Waals surface area contributed by atoms with Crippen molar-refractivity contribution < 1.29 is 9.15 Å². The minimum atomic E-state index is 0.764. The summed E-state index contributed by atoms with van der Waals surface area (Å²) in [6.07, 6.45) is 4.58. The molecule has 0 aliphatic carbocycles. The quantitative estimate of drug-likeness (QED) is 0.407. The zero-order chi connectivity index (χ0) is 13.8. The van der Waals surface area contributed by atoms with Crippen LogP contribution in [0.3, 0.4) is 0 Å². The minimum Gasteiger partial charge on any atom is -0.469 e. The van der Waals surface area contributed by atoms with Crippen LogP contribution < -0.4 is 10.6 Å². The zero-order valence-electron chi connectivity index (χ0n) is 11.9. The van der Waals surface area contributed by atoms with Crippen LogP contribution >= 0.6 is 0 Å². The summed E-state index contributed by atoms with van der Waals surface area (Å²) in [4.78, 5) is 4.48. The molecule has 1 aromatic heterocycles. The highest BCUT2D eigenvalue weighted by Gasteiger charge is 1.99. The molecule has 0 saturated heterocycles. The van der Waals surface area contributed by atoms with Gasteiger partial charge in [-0.3, -0.25) is 4.99 Å². The SMILES string of the molecule is CCCN=C(NCCCOC)NCCc1ccco1. The summed E-state index contributed by atoms with van der Waals surface area (Å²) in [5.74, 6) is 1.85. The highest BCUT2D eigenvalue weighted by molar-refractivity contribution is 5.79. The van der Waals surface area contributed by atoms with Crippen LogP contribution in [0.15, 0.2) is 27.8 Å². The van der Waals surface area contributed by atoms with Crippen LogP contribution in [0.1, 0.15) is 25.5 Å². The van der Waals surface area contributed by atoms with E-state index in [9.17, 15) is 0 Å². The first kappa shape index (κ1) is 15.6. The lowest BCUT2D eigenvalue weighted by Gasteiger charge is -2.11. The van der Waals surface area contributed by atoms with E-state index < -0.39 is 0 Å². The molecule has 1 heterocycles. The van der Waals surface area contributed by atoms with Gasteiger partial charge in [0.25, 0.3) is 0 Å². The Bertz CT molecular complexity index is 336. The van der Waals surface area contributed by atoms with Crippen LogP contribution in [0.2, 0.25) is 0 Å². The van der Waals surface area contributed by atoms with Gasteiger partial charge in [-0.05, 0) is 25.0 Å². The molecule has 0 aliphatic heterocycles. The summed E-state index contributed by atoms with van der Waals surface area (Å²) in [7, 11) is 1.72. The number of hydrogen-bond donors (Lipinski definition) is 2. The summed E-state index contributed by atoms with van der Waals surface area (Å²) in [6, 6.07) is 3.89. The number of ether oxygens (including phenoxy) is 1. The number of aliphatic imine (C=N–C) groups is 1. The van der Waals surface area contributed by atoms with Crippen molar-refractivity contribution >= 4 is 5.96 Å². The van der Waals surface area contributed by atoms with Crippen molar-refractivity contribution in [3.8, 4) is 0 Å². The van der Waals surface area contributed by atoms with Gasteiger partial charge in [-0.2, -0.15) is 0 Å². The van der Waals surface area contributed by atoms with E-state index in [0.717, 1.165) is 57.2 Å². The van der Waals surface area contributed by atoms with Gasteiger partial charge in [0, 0.05) is 39.8 Å². The Hall–Kier alpha value is -1.49. The lowest BCUT2D eigenvalue weighted by atomic mass is 10.3. The summed E-state index contributed by atoms with van der Waals surface area (Å²) < 4.78 is 10.3. The Balaban J connectivity index is 2.24. The van der Waals surface area contributed by atoms with Gasteiger partial charge in [-0.1, -0.05) is 6.92 Å². The minimum absolute atomic E-state index is 0.764. The number of rotatable bonds is 9. The third kappa shape index (κ3) is 7.51. The van der Waals surface area contributed by atoms with Crippen molar-refractivity contribution in [1.29, 1.82) is 0 Å². The molecule has 5 heteroatoms. The van der Waals surface area contributed by atoms with Crippen LogP contribution in [0.25, 0.3) is 0 Å². The van der Waals surface area contributed by atoms with Gasteiger partial charge in [-0.15, -0.1) is 0 Å². The van der Waals surface area contributed by atoms with E-state index in [2.05, 4.69) is 22.5 Å². The predicted octanol–water partition coefficient (Wildman–Crippen LogP) is 1.80. The van der Waals surface area contributed by atoms with Crippen molar-refractivity contribution in [1.82, 2.24) is 10.6 Å². The Morgan fingerprint density at radius 3 is 2.89 bits per heavy atom. The summed E-state index contributed by atoms with van der Waals surface area (Å²) >= 11 is 0. The molecule has 0 amide bonds. The molecular weight excluding hydrogens is 242 g/mol. The molecule has 0 bridgehead atoms. The molecule has 0 aliphatic rings. The molecule has 0 fully saturated rings. The van der Waals surface area contributed by atoms with E-state index in [1.54, 1.807) is 13.4 Å². The van der Waals surface area contributed by atoms with E-state index in [-0.39, 0.29) is 0 Å². The van der Waals surface area contributed by atoms with E-state index in [1.807, 2.05) is 12.1 Å². The number of hydrogen-bond acceptors (Lipinski definition) is 3. The van der Waals surface area contributed by atoms with Gasteiger partial charge in [0.15, 0.2) is 5.96 Å². The number of methoxy groups -OCH3 is 1. The topological polar surface area (TPSA) is 58.8 Å². The fourth-order valence-electron chi connectivity index (χ4n) is 1.58. The highest BCUT2D eigenvalue weighted by atomic mass is 16.5. The first-order valence-electron chi connectivity index (χ1n) is 6.90. The molecular formula is C14H25N3O2. The molecule has 0 unspecified atom stereocenters. The Morgan fingerprint density at radius 1 is 1.37 bits per heavy atom. The Kier molecular flexibility index (Phi) is 8.55. The van der Waals surface area contributed by atoms with Crippen LogP contribution in [0.4, 0.5) is 0 Å². The smallest absolute Gasteiger partial charge is 0.191 e. The van der Waals surface area contributed by atoms with E-state index >= 15 is 0 Å². The van der Waals surface area contributed by atoms with Gasteiger partial charge in [0.1, 0.15) is 5.76 Å². The Morgan fingerprint density at radius 2 is 2.21 bits per heavy atom. The maximum atomic E-state index is 5.29. The first-order chi connectivity index (χ1) is 9.36. The molecule has 19 heavy (non-hydrogen) atoms. The number of nitrogens with one attached hydrogen (secondary N) is 2. The average Bonchev–Trinajstić information content (AvgIpc) is 2.93. The van der Waals surface area contributed by atoms with Gasteiger partial charge in [0.2, 0.25) is 0 Å². The van der Waals surface area contributed by atoms with Crippen molar-refractivity contribution in [2.75, 3.05) is 33.4 Å². The van der Waals surface area contributed by atoms with E-state index in [1.165, 1.54) is 0 Å². The number of nitrogens with zero attached hydrogens (tertiary/aromatic N) is 1. The lowest BCUT2D eigenvalue weighted by Crippen LogP contribution is -2.39. The van der Waals surface area contributed by atoms with E-state index in [0.29, 0.717) is 0 Å².